The van der Waals surface area contributed by atoms with Crippen LogP contribution < -0.4 is 0 Å². The minimum absolute atomic E-state index is 0.690. The summed E-state index contributed by atoms with van der Waals surface area (Å²) >= 11 is 0. The molecule has 0 saturated carbocycles. The first-order valence-electron chi connectivity index (χ1n) is 6.58. The van der Waals surface area contributed by atoms with Crippen molar-refractivity contribution in [3.05, 3.63) is 65.0 Å². The highest BCUT2D eigenvalue weighted by molar-refractivity contribution is 5.77. The number of nitriles is 1. The standard InChI is InChI=1S/C17H15N3/c1-12-7-16-17(8-13(12)2)20(11-19-16)10-15-5-3-14(9-18)4-6-15/h3-8,11H,10H2,1-2H3. The third kappa shape index (κ3) is 2.17. The van der Waals surface area contributed by atoms with Crippen LogP contribution in [-0.2, 0) is 6.54 Å². The average Bonchev–Trinajstić information content (AvgIpc) is 2.83. The molecule has 3 heteroatoms. The molecule has 0 bridgehead atoms. The molecule has 20 heavy (non-hydrogen) atoms. The summed E-state index contributed by atoms with van der Waals surface area (Å²) in [5, 5.41) is 8.82. The van der Waals surface area contributed by atoms with Crippen LogP contribution in [0.15, 0.2) is 42.7 Å². The lowest BCUT2D eigenvalue weighted by atomic mass is 10.1. The molecule has 1 heterocycles. The van der Waals surface area contributed by atoms with E-state index in [2.05, 4.69) is 41.6 Å². The number of imidazole rings is 1. The van der Waals surface area contributed by atoms with Crippen molar-refractivity contribution in [2.24, 2.45) is 0 Å². The van der Waals surface area contributed by atoms with Crippen LogP contribution in [0.5, 0.6) is 0 Å². The number of hydrogen-bond donors (Lipinski definition) is 0. The van der Waals surface area contributed by atoms with Gasteiger partial charge in [-0.1, -0.05) is 12.1 Å². The van der Waals surface area contributed by atoms with Crippen molar-refractivity contribution in [1.29, 1.82) is 5.26 Å². The van der Waals surface area contributed by atoms with Gasteiger partial charge in [0.05, 0.1) is 29.0 Å². The van der Waals surface area contributed by atoms with E-state index in [0.717, 1.165) is 17.6 Å². The van der Waals surface area contributed by atoms with Crippen LogP contribution in [0.2, 0.25) is 0 Å². The van der Waals surface area contributed by atoms with E-state index in [0.29, 0.717) is 5.56 Å². The minimum atomic E-state index is 0.690. The Bertz CT molecular complexity index is 805. The Labute approximate surface area is 118 Å². The lowest BCUT2D eigenvalue weighted by molar-refractivity contribution is 0.824. The highest BCUT2D eigenvalue weighted by Gasteiger charge is 2.05. The Balaban J connectivity index is 1.98. The molecule has 2 aromatic carbocycles. The Kier molecular flexibility index (Phi) is 3.00. The zero-order valence-corrected chi connectivity index (χ0v) is 11.6. The predicted octanol–water partition coefficient (Wildman–Crippen LogP) is 3.57. The largest absolute Gasteiger partial charge is 0.326 e. The van der Waals surface area contributed by atoms with E-state index >= 15 is 0 Å². The van der Waals surface area contributed by atoms with E-state index < -0.39 is 0 Å². The molecule has 3 aromatic rings. The third-order valence-corrected chi connectivity index (χ3v) is 3.67. The molecule has 0 fully saturated rings. The average molecular weight is 261 g/mol. The molecule has 0 unspecified atom stereocenters. The van der Waals surface area contributed by atoms with E-state index in [4.69, 9.17) is 5.26 Å². The molecular weight excluding hydrogens is 246 g/mol. The fourth-order valence-electron chi connectivity index (χ4n) is 2.32. The molecule has 0 aliphatic heterocycles. The van der Waals surface area contributed by atoms with Gasteiger partial charge in [0.25, 0.3) is 0 Å². The monoisotopic (exact) mass is 261 g/mol. The highest BCUT2D eigenvalue weighted by atomic mass is 15.0. The van der Waals surface area contributed by atoms with Gasteiger partial charge < -0.3 is 4.57 Å². The smallest absolute Gasteiger partial charge is 0.0991 e. The maximum atomic E-state index is 8.82. The van der Waals surface area contributed by atoms with Gasteiger partial charge in [0.15, 0.2) is 0 Å². The normalized spacial score (nSPS) is 10.7. The minimum Gasteiger partial charge on any atom is -0.326 e. The van der Waals surface area contributed by atoms with Gasteiger partial charge in [-0.05, 0) is 54.8 Å². The Morgan fingerprint density at radius 2 is 1.80 bits per heavy atom. The summed E-state index contributed by atoms with van der Waals surface area (Å²) in [5.74, 6) is 0. The van der Waals surface area contributed by atoms with Crippen LogP contribution >= 0.6 is 0 Å². The molecule has 3 nitrogen and oxygen atoms in total. The summed E-state index contributed by atoms with van der Waals surface area (Å²) in [7, 11) is 0. The van der Waals surface area contributed by atoms with Crippen molar-refractivity contribution in [2.75, 3.05) is 0 Å². The van der Waals surface area contributed by atoms with E-state index in [-0.39, 0.29) is 0 Å². The lowest BCUT2D eigenvalue weighted by Gasteiger charge is -2.06. The Hall–Kier alpha value is -2.60. The lowest BCUT2D eigenvalue weighted by Crippen LogP contribution is -1.98. The number of rotatable bonds is 2. The second kappa shape index (κ2) is 4.82. The second-order valence-corrected chi connectivity index (χ2v) is 5.11. The van der Waals surface area contributed by atoms with Gasteiger partial charge in [-0.15, -0.1) is 0 Å². The fourth-order valence-corrected chi connectivity index (χ4v) is 2.32. The SMILES string of the molecule is Cc1cc2ncn(Cc3ccc(C#N)cc3)c2cc1C. The van der Waals surface area contributed by atoms with E-state index in [1.807, 2.05) is 30.6 Å². The predicted molar refractivity (Wildman–Crippen MR) is 79.5 cm³/mol. The first-order valence-corrected chi connectivity index (χ1v) is 6.58. The Morgan fingerprint density at radius 3 is 2.50 bits per heavy atom. The van der Waals surface area contributed by atoms with Crippen molar-refractivity contribution >= 4 is 11.0 Å². The molecule has 0 N–H and O–H groups in total. The van der Waals surface area contributed by atoms with Crippen molar-refractivity contribution in [3.8, 4) is 6.07 Å². The van der Waals surface area contributed by atoms with Gasteiger partial charge in [-0.3, -0.25) is 0 Å². The van der Waals surface area contributed by atoms with Crippen molar-refractivity contribution in [3.63, 3.8) is 0 Å². The van der Waals surface area contributed by atoms with Crippen LogP contribution in [0.25, 0.3) is 11.0 Å². The maximum Gasteiger partial charge on any atom is 0.0991 e. The number of hydrogen-bond acceptors (Lipinski definition) is 2. The number of benzene rings is 2. The zero-order chi connectivity index (χ0) is 14.1. The number of nitrogens with zero attached hydrogens (tertiary/aromatic N) is 3. The van der Waals surface area contributed by atoms with Gasteiger partial charge in [0, 0.05) is 6.54 Å². The first kappa shape index (κ1) is 12.4. The molecule has 0 spiro atoms. The number of fused-ring (bicyclic) bond motifs is 1. The van der Waals surface area contributed by atoms with Crippen LogP contribution in [-0.4, -0.2) is 9.55 Å². The summed E-state index contributed by atoms with van der Waals surface area (Å²) in [6, 6.07) is 14.1. The van der Waals surface area contributed by atoms with Gasteiger partial charge in [-0.25, -0.2) is 4.98 Å². The topological polar surface area (TPSA) is 41.6 Å². The van der Waals surface area contributed by atoms with Gasteiger partial charge >= 0.3 is 0 Å². The van der Waals surface area contributed by atoms with Crippen molar-refractivity contribution in [1.82, 2.24) is 9.55 Å². The quantitative estimate of drug-likeness (QED) is 0.707. The molecule has 98 valence electrons. The highest BCUT2D eigenvalue weighted by Crippen LogP contribution is 2.19. The summed E-state index contributed by atoms with van der Waals surface area (Å²) in [5.41, 5.74) is 6.58. The summed E-state index contributed by atoms with van der Waals surface area (Å²) in [4.78, 5) is 4.46. The molecule has 0 aliphatic rings. The van der Waals surface area contributed by atoms with Gasteiger partial charge in [-0.2, -0.15) is 5.26 Å². The molecule has 0 aliphatic carbocycles. The zero-order valence-electron chi connectivity index (χ0n) is 11.6. The fraction of sp³-hybridized carbons (Fsp3) is 0.176. The van der Waals surface area contributed by atoms with Crippen molar-refractivity contribution in [2.45, 2.75) is 20.4 Å². The number of aryl methyl sites for hydroxylation is 2. The molecule has 0 amide bonds. The maximum absolute atomic E-state index is 8.82. The van der Waals surface area contributed by atoms with Gasteiger partial charge in [0.1, 0.15) is 0 Å². The second-order valence-electron chi connectivity index (χ2n) is 5.11. The summed E-state index contributed by atoms with van der Waals surface area (Å²) < 4.78 is 2.14. The molecule has 3 rings (SSSR count). The van der Waals surface area contributed by atoms with E-state index in [1.165, 1.54) is 16.7 Å². The van der Waals surface area contributed by atoms with Crippen LogP contribution in [0.3, 0.4) is 0 Å². The summed E-state index contributed by atoms with van der Waals surface area (Å²) in [6.45, 7) is 4.99. The molecule has 0 radical (unpaired) electrons. The van der Waals surface area contributed by atoms with Crippen LogP contribution in [0.4, 0.5) is 0 Å². The molecular formula is C17H15N3. The summed E-state index contributed by atoms with van der Waals surface area (Å²) in [6.07, 6.45) is 1.88. The number of aromatic nitrogens is 2. The Morgan fingerprint density at radius 1 is 1.10 bits per heavy atom. The third-order valence-electron chi connectivity index (χ3n) is 3.67. The van der Waals surface area contributed by atoms with E-state index in [1.54, 1.807) is 0 Å². The van der Waals surface area contributed by atoms with Crippen LogP contribution in [0.1, 0.15) is 22.3 Å². The van der Waals surface area contributed by atoms with Crippen molar-refractivity contribution < 1.29 is 0 Å². The molecule has 1 aromatic heterocycles. The van der Waals surface area contributed by atoms with Crippen LogP contribution in [0, 0.1) is 25.2 Å². The first-order chi connectivity index (χ1) is 9.67. The molecule has 0 saturated heterocycles. The molecule has 0 atom stereocenters. The van der Waals surface area contributed by atoms with Gasteiger partial charge in [0.2, 0.25) is 0 Å². The van der Waals surface area contributed by atoms with E-state index in [9.17, 15) is 0 Å².